The summed E-state index contributed by atoms with van der Waals surface area (Å²) in [6.45, 7) is 1.87. The maximum Gasteiger partial charge on any atom is 0.252 e. The van der Waals surface area contributed by atoms with Crippen LogP contribution in [0, 0.1) is 5.92 Å². The number of carbonyl (C=O) groups excluding carboxylic acids is 1. The molecule has 0 radical (unpaired) electrons. The number of aromatic nitrogens is 2. The number of hydrogen-bond acceptors (Lipinski definition) is 6. The van der Waals surface area contributed by atoms with Crippen molar-refractivity contribution in [2.24, 2.45) is 11.7 Å². The predicted molar refractivity (Wildman–Crippen MR) is 98.7 cm³/mol. The Bertz CT molecular complexity index is 642. The van der Waals surface area contributed by atoms with Crippen molar-refractivity contribution >= 4 is 11.9 Å². The van der Waals surface area contributed by atoms with Crippen molar-refractivity contribution in [1.29, 1.82) is 0 Å². The minimum Gasteiger partial charge on any atom is -0.393 e. The number of nitrogens with two attached hydrogens (primary N) is 1. The standard InChI is InChI=1S/C19H30N4O3/c1-19(26)8-2-3-12(10-19)9-16-15(17(20)25)11-21-18(23-16)22-13-4-6-14(24)7-5-13/h11-14,24,26H,2-10H2,1H3,(H2,20,25)(H,21,22,23)/t12-,13?,14?,19-/m0/s1. The number of hydrogen-bond donors (Lipinski definition) is 4. The summed E-state index contributed by atoms with van der Waals surface area (Å²) in [5.74, 6) is 0.272. The lowest BCUT2D eigenvalue weighted by molar-refractivity contribution is 0.00107. The van der Waals surface area contributed by atoms with Crippen molar-refractivity contribution < 1.29 is 15.0 Å². The van der Waals surface area contributed by atoms with Crippen LogP contribution in [-0.2, 0) is 6.42 Å². The largest absolute Gasteiger partial charge is 0.393 e. The number of nitrogens with zero attached hydrogens (tertiary/aromatic N) is 2. The maximum absolute atomic E-state index is 11.8. The van der Waals surface area contributed by atoms with Gasteiger partial charge < -0.3 is 21.3 Å². The quantitative estimate of drug-likeness (QED) is 0.633. The van der Waals surface area contributed by atoms with E-state index >= 15 is 0 Å². The van der Waals surface area contributed by atoms with Crippen molar-refractivity contribution in [3.63, 3.8) is 0 Å². The summed E-state index contributed by atoms with van der Waals surface area (Å²) >= 11 is 0. The van der Waals surface area contributed by atoms with Crippen LogP contribution in [0.25, 0.3) is 0 Å². The molecule has 3 rings (SSSR count). The number of aliphatic hydroxyl groups is 2. The van der Waals surface area contributed by atoms with Crippen LogP contribution < -0.4 is 11.1 Å². The molecule has 26 heavy (non-hydrogen) atoms. The predicted octanol–water partition coefficient (Wildman–Crippen LogP) is 1.77. The van der Waals surface area contributed by atoms with Gasteiger partial charge in [0.1, 0.15) is 0 Å². The highest BCUT2D eigenvalue weighted by molar-refractivity contribution is 5.93. The molecule has 0 aromatic carbocycles. The second-order valence-electron chi connectivity index (χ2n) is 8.23. The SMILES string of the molecule is C[C@]1(O)CCC[C@@H](Cc2nc(NC3CCC(O)CC3)ncc2C(N)=O)C1. The van der Waals surface area contributed by atoms with Gasteiger partial charge >= 0.3 is 0 Å². The highest BCUT2D eigenvalue weighted by Crippen LogP contribution is 2.34. The molecule has 2 aliphatic carbocycles. The molecule has 1 aromatic heterocycles. The average Bonchev–Trinajstić information content (AvgIpc) is 2.56. The number of rotatable bonds is 5. The van der Waals surface area contributed by atoms with E-state index in [1.165, 1.54) is 6.20 Å². The lowest BCUT2D eigenvalue weighted by Crippen LogP contribution is -2.33. The van der Waals surface area contributed by atoms with Gasteiger partial charge in [0.2, 0.25) is 5.95 Å². The molecule has 7 nitrogen and oxygen atoms in total. The number of aliphatic hydroxyl groups excluding tert-OH is 1. The molecule has 0 bridgehead atoms. The first-order chi connectivity index (χ1) is 12.3. The van der Waals surface area contributed by atoms with Crippen molar-refractivity contribution in [2.45, 2.75) is 82.5 Å². The molecule has 2 aliphatic rings. The van der Waals surface area contributed by atoms with E-state index in [0.717, 1.165) is 44.9 Å². The molecular formula is C19H30N4O3. The van der Waals surface area contributed by atoms with Crippen LogP contribution in [0.5, 0.6) is 0 Å². The van der Waals surface area contributed by atoms with E-state index in [-0.39, 0.29) is 18.1 Å². The van der Waals surface area contributed by atoms with Crippen molar-refractivity contribution in [1.82, 2.24) is 9.97 Å². The summed E-state index contributed by atoms with van der Waals surface area (Å²) in [6.07, 6.45) is 8.75. The lowest BCUT2D eigenvalue weighted by Gasteiger charge is -2.34. The minimum absolute atomic E-state index is 0.208. The van der Waals surface area contributed by atoms with Crippen molar-refractivity contribution in [3.8, 4) is 0 Å². The van der Waals surface area contributed by atoms with Gasteiger partial charge in [-0.2, -0.15) is 0 Å². The normalized spacial score (nSPS) is 32.2. The van der Waals surface area contributed by atoms with Crippen molar-refractivity contribution in [2.75, 3.05) is 5.32 Å². The summed E-state index contributed by atoms with van der Waals surface area (Å²) < 4.78 is 0. The van der Waals surface area contributed by atoms with Crippen LogP contribution >= 0.6 is 0 Å². The molecule has 1 heterocycles. The van der Waals surface area contributed by atoms with E-state index in [4.69, 9.17) is 5.73 Å². The third-order valence-electron chi connectivity index (χ3n) is 5.70. The monoisotopic (exact) mass is 362 g/mol. The summed E-state index contributed by atoms with van der Waals surface area (Å²) in [6, 6.07) is 0.237. The Morgan fingerprint density at radius 1 is 1.35 bits per heavy atom. The van der Waals surface area contributed by atoms with E-state index in [1.807, 2.05) is 6.92 Å². The lowest BCUT2D eigenvalue weighted by atomic mass is 9.77. The first-order valence-corrected chi connectivity index (χ1v) is 9.65. The van der Waals surface area contributed by atoms with Gasteiger partial charge in [-0.3, -0.25) is 4.79 Å². The van der Waals surface area contributed by atoms with Crippen LogP contribution in [0.15, 0.2) is 6.20 Å². The first-order valence-electron chi connectivity index (χ1n) is 9.65. The molecule has 1 aromatic rings. The van der Waals surface area contributed by atoms with Crippen LogP contribution in [0.3, 0.4) is 0 Å². The van der Waals surface area contributed by atoms with Gasteiger partial charge in [-0.1, -0.05) is 6.42 Å². The van der Waals surface area contributed by atoms with E-state index in [9.17, 15) is 15.0 Å². The van der Waals surface area contributed by atoms with Crippen molar-refractivity contribution in [3.05, 3.63) is 17.5 Å². The summed E-state index contributed by atoms with van der Waals surface area (Å²) in [4.78, 5) is 20.6. The van der Waals surface area contributed by atoms with E-state index in [1.54, 1.807) is 0 Å². The molecule has 5 N–H and O–H groups in total. The third kappa shape index (κ3) is 4.92. The fraction of sp³-hybridized carbons (Fsp3) is 0.737. The zero-order chi connectivity index (χ0) is 18.7. The highest BCUT2D eigenvalue weighted by Gasteiger charge is 2.31. The second-order valence-corrected chi connectivity index (χ2v) is 8.23. The van der Waals surface area contributed by atoms with Crippen LogP contribution in [-0.4, -0.2) is 43.8 Å². The Hall–Kier alpha value is -1.73. The summed E-state index contributed by atoms with van der Waals surface area (Å²) in [7, 11) is 0. The van der Waals surface area contributed by atoms with Gasteiger partial charge in [-0.15, -0.1) is 0 Å². The Kier molecular flexibility index (Phi) is 5.77. The molecular weight excluding hydrogens is 332 g/mol. The fourth-order valence-electron chi connectivity index (χ4n) is 4.30. The number of carbonyl (C=O) groups is 1. The molecule has 0 saturated heterocycles. The van der Waals surface area contributed by atoms with Crippen LogP contribution in [0.1, 0.15) is 74.3 Å². The molecule has 0 aliphatic heterocycles. The Balaban J connectivity index is 1.73. The summed E-state index contributed by atoms with van der Waals surface area (Å²) in [5.41, 5.74) is 5.88. The molecule has 2 atom stereocenters. The number of amides is 1. The van der Waals surface area contributed by atoms with Crippen LogP contribution in [0.4, 0.5) is 5.95 Å². The highest BCUT2D eigenvalue weighted by atomic mass is 16.3. The van der Waals surface area contributed by atoms with E-state index < -0.39 is 11.5 Å². The minimum atomic E-state index is -0.646. The number of primary amides is 1. The fourth-order valence-corrected chi connectivity index (χ4v) is 4.30. The van der Waals surface area contributed by atoms with Gasteiger partial charge in [-0.25, -0.2) is 9.97 Å². The second kappa shape index (κ2) is 7.88. The maximum atomic E-state index is 11.8. The molecule has 2 fully saturated rings. The van der Waals surface area contributed by atoms with E-state index in [0.29, 0.717) is 30.0 Å². The molecule has 144 valence electrons. The number of anilines is 1. The van der Waals surface area contributed by atoms with E-state index in [2.05, 4.69) is 15.3 Å². The zero-order valence-corrected chi connectivity index (χ0v) is 15.4. The van der Waals surface area contributed by atoms with Gasteiger partial charge in [0.25, 0.3) is 5.91 Å². The molecule has 1 amide bonds. The first kappa shape index (κ1) is 19.0. The number of nitrogens with one attached hydrogen (secondary N) is 1. The molecule has 0 unspecified atom stereocenters. The average molecular weight is 362 g/mol. The Labute approximate surface area is 154 Å². The zero-order valence-electron chi connectivity index (χ0n) is 15.4. The third-order valence-corrected chi connectivity index (χ3v) is 5.70. The van der Waals surface area contributed by atoms with Gasteiger partial charge in [0, 0.05) is 12.2 Å². The van der Waals surface area contributed by atoms with Gasteiger partial charge in [0.15, 0.2) is 0 Å². The topological polar surface area (TPSA) is 121 Å². The molecule has 2 saturated carbocycles. The van der Waals surface area contributed by atoms with Gasteiger partial charge in [0.05, 0.1) is 23.0 Å². The van der Waals surface area contributed by atoms with Gasteiger partial charge in [-0.05, 0) is 64.2 Å². The van der Waals surface area contributed by atoms with Crippen LogP contribution in [0.2, 0.25) is 0 Å². The Morgan fingerprint density at radius 2 is 2.08 bits per heavy atom. The Morgan fingerprint density at radius 3 is 2.73 bits per heavy atom. The summed E-state index contributed by atoms with van der Waals surface area (Å²) in [5, 5.41) is 23.3. The molecule has 7 heteroatoms. The molecule has 0 spiro atoms. The smallest absolute Gasteiger partial charge is 0.252 e.